The summed E-state index contributed by atoms with van der Waals surface area (Å²) >= 11 is 0. The van der Waals surface area contributed by atoms with Crippen LogP contribution in [0.1, 0.15) is 13.0 Å². The quantitative estimate of drug-likeness (QED) is 0.603. The van der Waals surface area contributed by atoms with Crippen molar-refractivity contribution in [2.45, 2.75) is 13.0 Å². The van der Waals surface area contributed by atoms with Crippen molar-refractivity contribution in [1.82, 2.24) is 24.4 Å². The molecule has 1 N–H and O–H groups in total. The van der Waals surface area contributed by atoms with Crippen LogP contribution in [0.4, 0.5) is 4.39 Å². The molecule has 4 aromatic rings. The van der Waals surface area contributed by atoms with Gasteiger partial charge in [-0.3, -0.25) is 9.36 Å². The Morgan fingerprint density at radius 2 is 1.92 bits per heavy atom. The molecule has 3 heterocycles. The molecule has 8 nitrogen and oxygen atoms in total. The molecule has 4 rings (SSSR count). The van der Waals surface area contributed by atoms with Crippen LogP contribution in [-0.4, -0.2) is 35.5 Å². The molecule has 0 saturated heterocycles. The first-order valence-electron chi connectivity index (χ1n) is 7.71. The molecule has 0 aliphatic carbocycles. The van der Waals surface area contributed by atoms with Crippen LogP contribution in [0.2, 0.25) is 0 Å². The second-order valence-electron chi connectivity index (χ2n) is 5.78. The summed E-state index contributed by atoms with van der Waals surface area (Å²) in [6.07, 6.45) is 2.95. The number of carboxylic acid groups (broad SMARTS) is 1. The Balaban J connectivity index is 1.94. The van der Waals surface area contributed by atoms with Crippen molar-refractivity contribution < 1.29 is 14.3 Å². The van der Waals surface area contributed by atoms with Gasteiger partial charge in [0.15, 0.2) is 11.2 Å². The predicted octanol–water partition coefficient (Wildman–Crippen LogP) is 1.89. The molecule has 0 fully saturated rings. The van der Waals surface area contributed by atoms with Crippen LogP contribution in [0.3, 0.4) is 0 Å². The van der Waals surface area contributed by atoms with E-state index in [9.17, 15) is 14.0 Å². The Morgan fingerprint density at radius 3 is 2.62 bits per heavy atom. The van der Waals surface area contributed by atoms with Gasteiger partial charge in [-0.25, -0.2) is 13.7 Å². The topological polar surface area (TPSA) is 102 Å². The number of nitrogens with zero attached hydrogens (tertiary/aromatic N) is 5. The van der Waals surface area contributed by atoms with E-state index in [0.29, 0.717) is 22.3 Å². The molecule has 3 aromatic heterocycles. The maximum absolute atomic E-state index is 13.1. The van der Waals surface area contributed by atoms with Crippen LogP contribution in [-0.2, 0) is 4.79 Å². The number of benzene rings is 1. The summed E-state index contributed by atoms with van der Waals surface area (Å²) in [5.74, 6) is -1.48. The molecule has 0 radical (unpaired) electrons. The molecule has 1 unspecified atom stereocenters. The van der Waals surface area contributed by atoms with Gasteiger partial charge < -0.3 is 5.11 Å². The van der Waals surface area contributed by atoms with Gasteiger partial charge >= 0.3 is 5.97 Å². The number of carboxylic acids is 1. The molecule has 0 bridgehead atoms. The van der Waals surface area contributed by atoms with Gasteiger partial charge in [0.25, 0.3) is 5.56 Å². The van der Waals surface area contributed by atoms with Crippen LogP contribution < -0.4 is 5.56 Å². The number of aliphatic carboxylic acids is 1. The number of hydrogen-bond donors (Lipinski definition) is 1. The van der Waals surface area contributed by atoms with Crippen molar-refractivity contribution in [2.24, 2.45) is 0 Å². The maximum atomic E-state index is 13.1. The number of carbonyl (C=O) groups is 1. The highest BCUT2D eigenvalue weighted by atomic mass is 19.1. The third-order valence-corrected chi connectivity index (χ3v) is 4.22. The van der Waals surface area contributed by atoms with Gasteiger partial charge in [0.2, 0.25) is 0 Å². The summed E-state index contributed by atoms with van der Waals surface area (Å²) in [6.45, 7) is 1.40. The summed E-state index contributed by atoms with van der Waals surface area (Å²) in [6, 6.07) is 6.41. The van der Waals surface area contributed by atoms with E-state index < -0.39 is 17.6 Å². The molecule has 0 spiro atoms. The Hall–Kier alpha value is -3.62. The molecule has 1 aromatic carbocycles. The highest BCUT2D eigenvalue weighted by Gasteiger charge is 2.19. The summed E-state index contributed by atoms with van der Waals surface area (Å²) in [5.41, 5.74) is 1.62. The maximum Gasteiger partial charge on any atom is 0.326 e. The van der Waals surface area contributed by atoms with Gasteiger partial charge in [0.05, 0.1) is 6.20 Å². The Morgan fingerprint density at radius 1 is 1.19 bits per heavy atom. The zero-order chi connectivity index (χ0) is 18.4. The van der Waals surface area contributed by atoms with E-state index in [1.165, 1.54) is 29.8 Å². The van der Waals surface area contributed by atoms with Crippen LogP contribution in [0.25, 0.3) is 27.8 Å². The minimum Gasteiger partial charge on any atom is -0.480 e. The van der Waals surface area contributed by atoms with E-state index in [-0.39, 0.29) is 11.3 Å². The van der Waals surface area contributed by atoms with Crippen molar-refractivity contribution in [1.29, 1.82) is 0 Å². The van der Waals surface area contributed by atoms with Crippen molar-refractivity contribution in [3.63, 3.8) is 0 Å². The first-order valence-corrected chi connectivity index (χ1v) is 7.71. The Labute approximate surface area is 145 Å². The lowest BCUT2D eigenvalue weighted by molar-refractivity contribution is -0.140. The van der Waals surface area contributed by atoms with E-state index in [0.717, 1.165) is 4.57 Å². The van der Waals surface area contributed by atoms with Crippen molar-refractivity contribution in [3.05, 3.63) is 58.9 Å². The highest BCUT2D eigenvalue weighted by Crippen LogP contribution is 2.24. The lowest BCUT2D eigenvalue weighted by Gasteiger charge is -2.11. The SMILES string of the molecule is CC(C(=O)O)n1ccc2c(nnc3c(-c4ccc(F)cc4)cnn32)c1=O. The average Bonchev–Trinajstić information content (AvgIpc) is 3.06. The van der Waals surface area contributed by atoms with Crippen LogP contribution in [0, 0.1) is 5.82 Å². The van der Waals surface area contributed by atoms with Crippen LogP contribution in [0.15, 0.2) is 47.5 Å². The van der Waals surface area contributed by atoms with E-state index in [1.54, 1.807) is 24.4 Å². The average molecular weight is 353 g/mol. The van der Waals surface area contributed by atoms with Gasteiger partial charge in [0, 0.05) is 11.8 Å². The highest BCUT2D eigenvalue weighted by molar-refractivity contribution is 5.83. The lowest BCUT2D eigenvalue weighted by Crippen LogP contribution is -2.28. The van der Waals surface area contributed by atoms with Crippen molar-refractivity contribution >= 4 is 22.6 Å². The van der Waals surface area contributed by atoms with Crippen LogP contribution >= 0.6 is 0 Å². The van der Waals surface area contributed by atoms with E-state index in [2.05, 4.69) is 15.3 Å². The second kappa shape index (κ2) is 5.73. The zero-order valence-electron chi connectivity index (χ0n) is 13.5. The molecule has 130 valence electrons. The first-order chi connectivity index (χ1) is 12.5. The van der Waals surface area contributed by atoms with Gasteiger partial charge in [-0.15, -0.1) is 10.2 Å². The fourth-order valence-electron chi connectivity index (χ4n) is 2.76. The summed E-state index contributed by atoms with van der Waals surface area (Å²) in [5, 5.41) is 21.4. The molecular weight excluding hydrogens is 341 g/mol. The lowest BCUT2D eigenvalue weighted by atomic mass is 10.1. The molecule has 1 atom stereocenters. The van der Waals surface area contributed by atoms with Crippen molar-refractivity contribution in [2.75, 3.05) is 0 Å². The second-order valence-corrected chi connectivity index (χ2v) is 5.78. The smallest absolute Gasteiger partial charge is 0.326 e. The van der Waals surface area contributed by atoms with E-state index in [4.69, 9.17) is 5.11 Å². The predicted molar refractivity (Wildman–Crippen MR) is 90.3 cm³/mol. The fraction of sp³-hybridized carbons (Fsp3) is 0.118. The Bertz CT molecular complexity index is 1210. The van der Waals surface area contributed by atoms with Gasteiger partial charge in [-0.1, -0.05) is 12.1 Å². The standard InChI is InChI=1S/C17H12FN5O3/c1-9(17(25)26)22-7-6-13-14(16(22)24)20-21-15-12(8-19-23(13)15)10-2-4-11(18)5-3-10/h2-9H,1H3,(H,25,26). The number of pyridine rings is 1. The molecule has 0 aliphatic rings. The number of halogens is 1. The number of hydrogen-bond acceptors (Lipinski definition) is 5. The van der Waals surface area contributed by atoms with Gasteiger partial charge in [-0.2, -0.15) is 5.10 Å². The van der Waals surface area contributed by atoms with Gasteiger partial charge in [0.1, 0.15) is 17.4 Å². The number of rotatable bonds is 3. The molecule has 26 heavy (non-hydrogen) atoms. The third-order valence-electron chi connectivity index (χ3n) is 4.22. The van der Waals surface area contributed by atoms with Crippen LogP contribution in [0.5, 0.6) is 0 Å². The van der Waals surface area contributed by atoms with Crippen molar-refractivity contribution in [3.8, 4) is 11.1 Å². The zero-order valence-corrected chi connectivity index (χ0v) is 13.5. The van der Waals surface area contributed by atoms with Gasteiger partial charge in [-0.05, 0) is 30.7 Å². The molecule has 0 amide bonds. The van der Waals surface area contributed by atoms with E-state index >= 15 is 0 Å². The number of aromatic nitrogens is 5. The minimum absolute atomic E-state index is 0.0156. The molecular formula is C17H12FN5O3. The molecule has 0 saturated carbocycles. The minimum atomic E-state index is -1.13. The number of fused-ring (bicyclic) bond motifs is 3. The van der Waals surface area contributed by atoms with E-state index in [1.807, 2.05) is 0 Å². The third kappa shape index (κ3) is 2.32. The largest absolute Gasteiger partial charge is 0.480 e. The first kappa shape index (κ1) is 15.9. The molecule has 0 aliphatic heterocycles. The summed E-state index contributed by atoms with van der Waals surface area (Å²) in [7, 11) is 0. The monoisotopic (exact) mass is 353 g/mol. The Kier molecular flexibility index (Phi) is 3.50. The normalized spacial score (nSPS) is 12.5. The summed E-state index contributed by atoms with van der Waals surface area (Å²) in [4.78, 5) is 23.7. The molecule has 9 heteroatoms. The fourth-order valence-corrected chi connectivity index (χ4v) is 2.76. The summed E-state index contributed by atoms with van der Waals surface area (Å²) < 4.78 is 15.7.